The molecule has 2 rings (SSSR count). The molecule has 1 aromatic heterocycles. The molecule has 3 N–H and O–H groups in total. The fraction of sp³-hybridized carbons (Fsp3) is 0.647. The molecule has 1 saturated heterocycles. The zero-order valence-corrected chi connectivity index (χ0v) is 14.7. The monoisotopic (exact) mass is 335 g/mol. The van der Waals surface area contributed by atoms with Gasteiger partial charge in [-0.05, 0) is 31.9 Å². The molecule has 0 aliphatic carbocycles. The van der Waals surface area contributed by atoms with Gasteiger partial charge in [0, 0.05) is 45.7 Å². The fourth-order valence-corrected chi connectivity index (χ4v) is 2.76. The Balaban J connectivity index is 1.75. The summed E-state index contributed by atoms with van der Waals surface area (Å²) < 4.78 is 5.33. The first kappa shape index (κ1) is 18.3. The minimum Gasteiger partial charge on any atom is -0.469 e. The number of carbonyl (C=O) groups excluding carboxylic acids is 1. The van der Waals surface area contributed by atoms with E-state index in [2.05, 4.69) is 32.8 Å². The van der Waals surface area contributed by atoms with Gasteiger partial charge in [0.15, 0.2) is 5.96 Å². The van der Waals surface area contributed by atoms with E-state index < -0.39 is 0 Å². The zero-order valence-electron chi connectivity index (χ0n) is 14.7. The third kappa shape index (κ3) is 6.23. The average Bonchev–Trinajstić information content (AvgIpc) is 3.10. The van der Waals surface area contributed by atoms with Crippen molar-refractivity contribution in [2.24, 2.45) is 4.99 Å². The van der Waals surface area contributed by atoms with Crippen molar-refractivity contribution in [3.8, 4) is 0 Å². The molecule has 2 heterocycles. The second-order valence-corrected chi connectivity index (χ2v) is 5.96. The Morgan fingerprint density at radius 3 is 2.83 bits per heavy atom. The van der Waals surface area contributed by atoms with Crippen molar-refractivity contribution in [1.29, 1.82) is 0 Å². The normalized spacial score (nSPS) is 16.8. The molecule has 0 atom stereocenters. The Kier molecular flexibility index (Phi) is 7.61. The van der Waals surface area contributed by atoms with E-state index in [9.17, 15) is 4.79 Å². The van der Waals surface area contributed by atoms with E-state index in [4.69, 9.17) is 4.42 Å². The summed E-state index contributed by atoms with van der Waals surface area (Å²) in [6.45, 7) is 5.93. The third-order valence-corrected chi connectivity index (χ3v) is 4.13. The van der Waals surface area contributed by atoms with Gasteiger partial charge >= 0.3 is 0 Å². The maximum Gasteiger partial charge on any atom is 0.233 e. The summed E-state index contributed by atoms with van der Waals surface area (Å²) in [5.74, 6) is 1.89. The molecule has 0 aromatic carbocycles. The van der Waals surface area contributed by atoms with Crippen LogP contribution in [0.5, 0.6) is 0 Å². The average molecular weight is 335 g/mol. The van der Waals surface area contributed by atoms with Crippen molar-refractivity contribution in [3.05, 3.63) is 24.2 Å². The van der Waals surface area contributed by atoms with E-state index in [1.54, 1.807) is 13.3 Å². The number of likely N-dealkylation sites (N-methyl/N-ethyl adjacent to an activating group) is 1. The lowest BCUT2D eigenvalue weighted by Gasteiger charge is -2.32. The minimum absolute atomic E-state index is 0.0780. The number of likely N-dealkylation sites (tertiary alicyclic amines) is 1. The highest BCUT2D eigenvalue weighted by Crippen LogP contribution is 2.10. The minimum atomic E-state index is 0.0780. The van der Waals surface area contributed by atoms with Crippen LogP contribution in [-0.4, -0.2) is 62.6 Å². The van der Waals surface area contributed by atoms with E-state index in [-0.39, 0.29) is 5.91 Å². The maximum absolute atomic E-state index is 11.4. The highest BCUT2D eigenvalue weighted by Gasteiger charge is 2.21. The highest BCUT2D eigenvalue weighted by atomic mass is 16.3. The SMILES string of the molecule is CCNC(=NCCc1ccco1)NC1CCN(CC(=O)NC)CC1. The first-order chi connectivity index (χ1) is 11.7. The lowest BCUT2D eigenvalue weighted by Crippen LogP contribution is -2.50. The molecular formula is C17H29N5O2. The molecule has 134 valence electrons. The summed E-state index contributed by atoms with van der Waals surface area (Å²) >= 11 is 0. The number of furan rings is 1. The van der Waals surface area contributed by atoms with Gasteiger partial charge in [0.25, 0.3) is 0 Å². The highest BCUT2D eigenvalue weighted by molar-refractivity contribution is 5.80. The number of hydrogen-bond acceptors (Lipinski definition) is 4. The first-order valence-corrected chi connectivity index (χ1v) is 8.71. The van der Waals surface area contributed by atoms with Crippen molar-refractivity contribution in [2.45, 2.75) is 32.2 Å². The third-order valence-electron chi connectivity index (χ3n) is 4.13. The quantitative estimate of drug-likeness (QED) is 0.502. The van der Waals surface area contributed by atoms with Crippen LogP contribution in [-0.2, 0) is 11.2 Å². The number of piperidine rings is 1. The standard InChI is InChI=1S/C17H29N5O2/c1-3-19-17(20-9-6-15-5-4-12-24-15)21-14-7-10-22(11-8-14)13-16(23)18-2/h4-5,12,14H,3,6-11,13H2,1-2H3,(H,18,23)(H2,19,20,21). The van der Waals surface area contributed by atoms with Gasteiger partial charge in [0.1, 0.15) is 5.76 Å². The lowest BCUT2D eigenvalue weighted by molar-refractivity contribution is -0.122. The van der Waals surface area contributed by atoms with Crippen LogP contribution in [0.4, 0.5) is 0 Å². The van der Waals surface area contributed by atoms with Crippen molar-refractivity contribution in [3.63, 3.8) is 0 Å². The Bertz CT molecular complexity index is 507. The van der Waals surface area contributed by atoms with E-state index in [0.29, 0.717) is 19.1 Å². The molecule has 0 radical (unpaired) electrons. The van der Waals surface area contributed by atoms with Crippen molar-refractivity contribution in [2.75, 3.05) is 39.8 Å². The smallest absolute Gasteiger partial charge is 0.233 e. The molecular weight excluding hydrogens is 306 g/mol. The van der Waals surface area contributed by atoms with Crippen LogP contribution in [0.3, 0.4) is 0 Å². The van der Waals surface area contributed by atoms with Crippen LogP contribution in [0.25, 0.3) is 0 Å². The van der Waals surface area contributed by atoms with Gasteiger partial charge in [-0.2, -0.15) is 0 Å². The van der Waals surface area contributed by atoms with Crippen molar-refractivity contribution in [1.82, 2.24) is 20.9 Å². The molecule has 0 bridgehead atoms. The fourth-order valence-electron chi connectivity index (χ4n) is 2.76. The Labute approximate surface area is 143 Å². The van der Waals surface area contributed by atoms with Crippen LogP contribution in [0, 0.1) is 0 Å². The van der Waals surface area contributed by atoms with E-state index >= 15 is 0 Å². The Morgan fingerprint density at radius 2 is 2.21 bits per heavy atom. The number of aliphatic imine (C=N–C) groups is 1. The molecule has 7 heteroatoms. The molecule has 1 aliphatic heterocycles. The molecule has 1 fully saturated rings. The van der Waals surface area contributed by atoms with Crippen LogP contribution in [0.15, 0.2) is 27.8 Å². The predicted molar refractivity (Wildman–Crippen MR) is 95.1 cm³/mol. The van der Waals surface area contributed by atoms with Crippen LogP contribution >= 0.6 is 0 Å². The Morgan fingerprint density at radius 1 is 1.42 bits per heavy atom. The van der Waals surface area contributed by atoms with Crippen LogP contribution in [0.1, 0.15) is 25.5 Å². The van der Waals surface area contributed by atoms with Gasteiger partial charge in [-0.25, -0.2) is 0 Å². The molecule has 0 unspecified atom stereocenters. The molecule has 1 aromatic rings. The largest absolute Gasteiger partial charge is 0.469 e. The number of nitrogens with one attached hydrogen (secondary N) is 3. The molecule has 7 nitrogen and oxygen atoms in total. The van der Waals surface area contributed by atoms with Crippen molar-refractivity contribution >= 4 is 11.9 Å². The summed E-state index contributed by atoms with van der Waals surface area (Å²) in [5, 5.41) is 9.47. The number of nitrogens with zero attached hydrogens (tertiary/aromatic N) is 2. The lowest BCUT2D eigenvalue weighted by atomic mass is 10.1. The van der Waals surface area contributed by atoms with Gasteiger partial charge in [-0.3, -0.25) is 14.7 Å². The topological polar surface area (TPSA) is 81.9 Å². The summed E-state index contributed by atoms with van der Waals surface area (Å²) in [6, 6.07) is 4.26. The van der Waals surface area contributed by atoms with E-state index in [1.165, 1.54) is 0 Å². The van der Waals surface area contributed by atoms with Gasteiger partial charge in [-0.15, -0.1) is 0 Å². The second kappa shape index (κ2) is 9.97. The van der Waals surface area contributed by atoms with Gasteiger partial charge in [0.05, 0.1) is 12.8 Å². The number of hydrogen-bond donors (Lipinski definition) is 3. The van der Waals surface area contributed by atoms with E-state index in [0.717, 1.165) is 50.6 Å². The number of guanidine groups is 1. The zero-order chi connectivity index (χ0) is 17.2. The number of carbonyl (C=O) groups is 1. The number of amides is 1. The first-order valence-electron chi connectivity index (χ1n) is 8.71. The summed E-state index contributed by atoms with van der Waals surface area (Å²) in [5.41, 5.74) is 0. The van der Waals surface area contributed by atoms with E-state index in [1.807, 2.05) is 12.1 Å². The molecule has 1 aliphatic rings. The summed E-state index contributed by atoms with van der Waals surface area (Å²) in [7, 11) is 1.68. The van der Waals surface area contributed by atoms with Crippen molar-refractivity contribution < 1.29 is 9.21 Å². The maximum atomic E-state index is 11.4. The molecule has 1 amide bonds. The molecule has 0 saturated carbocycles. The molecule has 0 spiro atoms. The second-order valence-electron chi connectivity index (χ2n) is 5.96. The number of rotatable bonds is 7. The van der Waals surface area contributed by atoms with Crippen LogP contribution in [0.2, 0.25) is 0 Å². The molecule has 24 heavy (non-hydrogen) atoms. The summed E-state index contributed by atoms with van der Waals surface area (Å²) in [4.78, 5) is 18.2. The van der Waals surface area contributed by atoms with Gasteiger partial charge in [-0.1, -0.05) is 0 Å². The van der Waals surface area contributed by atoms with Gasteiger partial charge in [0.2, 0.25) is 5.91 Å². The summed E-state index contributed by atoms with van der Waals surface area (Å²) in [6.07, 6.45) is 4.52. The predicted octanol–water partition coefficient (Wildman–Crippen LogP) is 0.588. The Hall–Kier alpha value is -2.02. The van der Waals surface area contributed by atoms with Crippen LogP contribution < -0.4 is 16.0 Å². The van der Waals surface area contributed by atoms with Gasteiger partial charge < -0.3 is 20.4 Å².